The van der Waals surface area contributed by atoms with Crippen molar-refractivity contribution in [3.63, 3.8) is 0 Å². The topological polar surface area (TPSA) is 74.8 Å². The molecule has 1 N–H and O–H groups in total. The van der Waals surface area contributed by atoms with Gasteiger partial charge in [0.2, 0.25) is 5.82 Å². The number of aryl methyl sites for hydroxylation is 1. The molecule has 0 aliphatic rings. The highest BCUT2D eigenvalue weighted by atomic mass is 16.2. The van der Waals surface area contributed by atoms with Crippen LogP contribution in [0.15, 0.2) is 24.5 Å². The molecule has 88 valence electrons. The first kappa shape index (κ1) is 11.3. The van der Waals surface area contributed by atoms with Crippen molar-refractivity contribution in [2.24, 2.45) is 0 Å². The summed E-state index contributed by atoms with van der Waals surface area (Å²) < 4.78 is 0. The first-order chi connectivity index (χ1) is 8.16. The van der Waals surface area contributed by atoms with Crippen LogP contribution in [0.5, 0.6) is 0 Å². The van der Waals surface area contributed by atoms with Crippen molar-refractivity contribution in [3.8, 4) is 0 Å². The highest BCUT2D eigenvalue weighted by molar-refractivity contribution is 5.90. The van der Waals surface area contributed by atoms with E-state index in [1.807, 2.05) is 12.1 Å². The van der Waals surface area contributed by atoms with Crippen molar-refractivity contribution in [2.45, 2.75) is 13.5 Å². The van der Waals surface area contributed by atoms with Crippen molar-refractivity contribution in [3.05, 3.63) is 41.7 Å². The highest BCUT2D eigenvalue weighted by Gasteiger charge is 2.16. The molecular formula is C11H13N5O. The van der Waals surface area contributed by atoms with Crippen LogP contribution in [0, 0.1) is 6.92 Å². The summed E-state index contributed by atoms with van der Waals surface area (Å²) in [7, 11) is 1.72. The Labute approximate surface area is 98.7 Å². The van der Waals surface area contributed by atoms with E-state index < -0.39 is 0 Å². The van der Waals surface area contributed by atoms with Gasteiger partial charge in [0, 0.05) is 26.0 Å². The minimum Gasteiger partial charge on any atom is -0.335 e. The minimum atomic E-state index is -0.203. The summed E-state index contributed by atoms with van der Waals surface area (Å²) in [6.07, 6.45) is 3.40. The largest absolute Gasteiger partial charge is 0.335 e. The number of H-pyrrole nitrogens is 1. The van der Waals surface area contributed by atoms with Crippen LogP contribution >= 0.6 is 0 Å². The second-order valence-electron chi connectivity index (χ2n) is 3.76. The van der Waals surface area contributed by atoms with E-state index in [1.54, 1.807) is 31.3 Å². The summed E-state index contributed by atoms with van der Waals surface area (Å²) in [5, 5.41) is 6.49. The maximum Gasteiger partial charge on any atom is 0.293 e. The fraction of sp³-hybridized carbons (Fsp3) is 0.273. The van der Waals surface area contributed by atoms with Gasteiger partial charge in [0.1, 0.15) is 5.82 Å². The predicted molar refractivity (Wildman–Crippen MR) is 61.2 cm³/mol. The zero-order valence-electron chi connectivity index (χ0n) is 9.71. The Balaban J connectivity index is 2.06. The lowest BCUT2D eigenvalue weighted by atomic mass is 10.2. The number of aromatic amines is 1. The molecule has 0 saturated carbocycles. The van der Waals surface area contributed by atoms with Gasteiger partial charge < -0.3 is 4.90 Å². The van der Waals surface area contributed by atoms with E-state index in [9.17, 15) is 4.79 Å². The first-order valence-electron chi connectivity index (χ1n) is 5.20. The summed E-state index contributed by atoms with van der Waals surface area (Å²) in [6, 6.07) is 3.74. The van der Waals surface area contributed by atoms with Crippen LogP contribution in [0.3, 0.4) is 0 Å². The number of hydrogen-bond acceptors (Lipinski definition) is 4. The number of pyridine rings is 1. The number of carbonyl (C=O) groups excluding carboxylic acids is 1. The molecule has 0 aliphatic heterocycles. The van der Waals surface area contributed by atoms with Crippen molar-refractivity contribution < 1.29 is 4.79 Å². The number of nitrogens with one attached hydrogen (secondary N) is 1. The van der Waals surface area contributed by atoms with Gasteiger partial charge in [0.25, 0.3) is 5.91 Å². The second-order valence-corrected chi connectivity index (χ2v) is 3.76. The molecule has 2 aromatic rings. The average molecular weight is 231 g/mol. The Kier molecular flexibility index (Phi) is 3.13. The van der Waals surface area contributed by atoms with Gasteiger partial charge in [-0.25, -0.2) is 4.98 Å². The van der Waals surface area contributed by atoms with Gasteiger partial charge in [0.05, 0.1) is 0 Å². The van der Waals surface area contributed by atoms with E-state index in [0.29, 0.717) is 12.4 Å². The van der Waals surface area contributed by atoms with E-state index in [4.69, 9.17) is 0 Å². The molecule has 0 aromatic carbocycles. The van der Waals surface area contributed by atoms with E-state index in [2.05, 4.69) is 20.2 Å². The molecule has 0 fully saturated rings. The van der Waals surface area contributed by atoms with Crippen molar-refractivity contribution >= 4 is 5.91 Å². The number of nitrogens with zero attached hydrogens (tertiary/aromatic N) is 4. The van der Waals surface area contributed by atoms with Gasteiger partial charge in [0.15, 0.2) is 0 Å². The maximum absolute atomic E-state index is 11.9. The van der Waals surface area contributed by atoms with Crippen LogP contribution in [0.2, 0.25) is 0 Å². The fourth-order valence-corrected chi connectivity index (χ4v) is 1.44. The molecule has 1 amide bonds. The zero-order valence-corrected chi connectivity index (χ0v) is 9.71. The Hall–Kier alpha value is -2.24. The molecule has 2 rings (SSSR count). The van der Waals surface area contributed by atoms with Crippen molar-refractivity contribution in [2.75, 3.05) is 7.05 Å². The molecule has 2 aromatic heterocycles. The van der Waals surface area contributed by atoms with Crippen LogP contribution in [0.4, 0.5) is 0 Å². The second kappa shape index (κ2) is 4.73. The summed E-state index contributed by atoms with van der Waals surface area (Å²) in [5.41, 5.74) is 1.02. The van der Waals surface area contributed by atoms with Crippen LogP contribution in [0.25, 0.3) is 0 Å². The molecule has 0 radical (unpaired) electrons. The number of rotatable bonds is 3. The number of carbonyl (C=O) groups is 1. The standard InChI is InChI=1S/C11H13N5O/c1-8-13-10(15-14-8)11(17)16(2)7-9-3-5-12-6-4-9/h3-6H,7H2,1-2H3,(H,13,14,15). The van der Waals surface area contributed by atoms with E-state index in [1.165, 1.54) is 0 Å². The number of amides is 1. The zero-order chi connectivity index (χ0) is 12.3. The first-order valence-corrected chi connectivity index (χ1v) is 5.20. The van der Waals surface area contributed by atoms with Crippen LogP contribution in [0.1, 0.15) is 22.0 Å². The summed E-state index contributed by atoms with van der Waals surface area (Å²) in [4.78, 5) is 21.4. The Morgan fingerprint density at radius 3 is 2.71 bits per heavy atom. The van der Waals surface area contributed by atoms with Gasteiger partial charge in [-0.05, 0) is 24.6 Å². The van der Waals surface area contributed by atoms with Crippen molar-refractivity contribution in [1.82, 2.24) is 25.1 Å². The monoisotopic (exact) mass is 231 g/mol. The smallest absolute Gasteiger partial charge is 0.293 e. The lowest BCUT2D eigenvalue weighted by Crippen LogP contribution is -2.27. The predicted octanol–water partition coefficient (Wildman–Crippen LogP) is 0.780. The summed E-state index contributed by atoms with van der Waals surface area (Å²) in [6.45, 7) is 2.27. The lowest BCUT2D eigenvalue weighted by Gasteiger charge is -2.14. The molecule has 0 aliphatic carbocycles. The third-order valence-electron chi connectivity index (χ3n) is 2.30. The third-order valence-corrected chi connectivity index (χ3v) is 2.30. The molecule has 2 heterocycles. The minimum absolute atomic E-state index is 0.194. The summed E-state index contributed by atoms with van der Waals surface area (Å²) in [5.74, 6) is 0.621. The van der Waals surface area contributed by atoms with E-state index >= 15 is 0 Å². The molecule has 0 bridgehead atoms. The fourth-order valence-electron chi connectivity index (χ4n) is 1.44. The van der Waals surface area contributed by atoms with E-state index in [-0.39, 0.29) is 11.7 Å². The van der Waals surface area contributed by atoms with E-state index in [0.717, 1.165) is 5.56 Å². The van der Waals surface area contributed by atoms with Gasteiger partial charge in [-0.15, -0.1) is 5.10 Å². The molecule has 0 saturated heterocycles. The van der Waals surface area contributed by atoms with Gasteiger partial charge in [-0.1, -0.05) is 0 Å². The lowest BCUT2D eigenvalue weighted by molar-refractivity contribution is 0.0773. The van der Waals surface area contributed by atoms with Gasteiger partial charge in [-0.2, -0.15) is 0 Å². The SMILES string of the molecule is Cc1nc(C(=O)N(C)Cc2ccncc2)n[nH]1. The molecule has 0 atom stereocenters. The Morgan fingerprint density at radius 1 is 1.41 bits per heavy atom. The Morgan fingerprint density at radius 2 is 2.12 bits per heavy atom. The molecule has 17 heavy (non-hydrogen) atoms. The number of aromatic nitrogens is 4. The van der Waals surface area contributed by atoms with Gasteiger partial charge >= 0.3 is 0 Å². The number of hydrogen-bond donors (Lipinski definition) is 1. The Bertz CT molecular complexity index is 508. The molecule has 0 unspecified atom stereocenters. The molecule has 6 nitrogen and oxygen atoms in total. The molecular weight excluding hydrogens is 218 g/mol. The molecule has 0 spiro atoms. The molecule has 6 heteroatoms. The average Bonchev–Trinajstić information content (AvgIpc) is 2.76. The van der Waals surface area contributed by atoms with Crippen LogP contribution in [-0.2, 0) is 6.54 Å². The van der Waals surface area contributed by atoms with Crippen LogP contribution in [-0.4, -0.2) is 38.0 Å². The van der Waals surface area contributed by atoms with Gasteiger partial charge in [-0.3, -0.25) is 14.9 Å². The maximum atomic E-state index is 11.9. The quantitative estimate of drug-likeness (QED) is 0.847. The highest BCUT2D eigenvalue weighted by Crippen LogP contribution is 2.04. The summed E-state index contributed by atoms with van der Waals surface area (Å²) >= 11 is 0. The van der Waals surface area contributed by atoms with Crippen molar-refractivity contribution in [1.29, 1.82) is 0 Å². The normalized spacial score (nSPS) is 10.2. The van der Waals surface area contributed by atoms with Crippen LogP contribution < -0.4 is 0 Å². The third kappa shape index (κ3) is 2.66.